The molecule has 0 aromatic carbocycles. The summed E-state index contributed by atoms with van der Waals surface area (Å²) < 4.78 is 0. The monoisotopic (exact) mass is 213 g/mol. The maximum Gasteiger partial charge on any atom is 0.317 e. The third-order valence-electron chi connectivity index (χ3n) is 3.59. The Morgan fingerprint density at radius 2 is 1.87 bits per heavy atom. The molecule has 1 unspecified atom stereocenters. The lowest BCUT2D eigenvalue weighted by molar-refractivity contribution is -0.139. The molecule has 15 heavy (non-hydrogen) atoms. The fourth-order valence-corrected chi connectivity index (χ4v) is 2.66. The number of nitrogens with zero attached hydrogens (tertiary/aromatic N) is 1. The van der Waals surface area contributed by atoms with Crippen molar-refractivity contribution >= 4 is 5.97 Å². The zero-order valence-electron chi connectivity index (χ0n) is 10.1. The highest BCUT2D eigenvalue weighted by Crippen LogP contribution is 2.30. The van der Waals surface area contributed by atoms with E-state index in [1.807, 2.05) is 0 Å². The number of aliphatic carboxylic acids is 1. The maximum absolute atomic E-state index is 10.8. The molecule has 0 saturated heterocycles. The molecule has 1 rings (SSSR count). The highest BCUT2D eigenvalue weighted by molar-refractivity contribution is 5.69. The van der Waals surface area contributed by atoms with Crippen LogP contribution in [0.25, 0.3) is 0 Å². The standard InChI is InChI=1S/C12H23NO2/c1-9(2)13(8-12(14)15)10(3)11-6-4-5-7-11/h9-11H,4-8H2,1-3H3,(H,14,15). The topological polar surface area (TPSA) is 40.5 Å². The average molecular weight is 213 g/mol. The molecule has 0 bridgehead atoms. The van der Waals surface area contributed by atoms with E-state index < -0.39 is 5.97 Å². The molecular formula is C12H23NO2. The van der Waals surface area contributed by atoms with Crippen molar-refractivity contribution < 1.29 is 9.90 Å². The summed E-state index contributed by atoms with van der Waals surface area (Å²) in [5, 5.41) is 8.88. The third-order valence-corrected chi connectivity index (χ3v) is 3.59. The van der Waals surface area contributed by atoms with Gasteiger partial charge in [-0.3, -0.25) is 9.69 Å². The highest BCUT2D eigenvalue weighted by atomic mass is 16.4. The summed E-state index contributed by atoms with van der Waals surface area (Å²) in [6, 6.07) is 0.723. The van der Waals surface area contributed by atoms with Gasteiger partial charge >= 0.3 is 5.97 Å². The second kappa shape index (κ2) is 5.50. The van der Waals surface area contributed by atoms with Crippen LogP contribution in [0.1, 0.15) is 46.5 Å². The van der Waals surface area contributed by atoms with E-state index in [2.05, 4.69) is 25.7 Å². The quantitative estimate of drug-likeness (QED) is 0.762. The van der Waals surface area contributed by atoms with Crippen LogP contribution in [0.5, 0.6) is 0 Å². The predicted octanol–water partition coefficient (Wildman–Crippen LogP) is 2.36. The van der Waals surface area contributed by atoms with Crippen molar-refractivity contribution in [3.63, 3.8) is 0 Å². The molecule has 0 amide bonds. The molecule has 1 N–H and O–H groups in total. The molecule has 0 radical (unpaired) electrons. The Kier molecular flexibility index (Phi) is 4.58. The Bertz CT molecular complexity index is 210. The first-order valence-corrected chi connectivity index (χ1v) is 6.00. The Labute approximate surface area is 92.5 Å². The first-order valence-electron chi connectivity index (χ1n) is 6.00. The summed E-state index contributed by atoms with van der Waals surface area (Å²) in [4.78, 5) is 12.9. The molecule has 1 aliphatic rings. The Morgan fingerprint density at radius 1 is 1.33 bits per heavy atom. The van der Waals surface area contributed by atoms with Gasteiger partial charge < -0.3 is 5.11 Å². The van der Waals surface area contributed by atoms with Gasteiger partial charge in [0.15, 0.2) is 0 Å². The molecule has 1 atom stereocenters. The zero-order chi connectivity index (χ0) is 11.4. The summed E-state index contributed by atoms with van der Waals surface area (Å²) in [5.74, 6) is -0.0136. The van der Waals surface area contributed by atoms with Crippen LogP contribution < -0.4 is 0 Å². The summed E-state index contributed by atoms with van der Waals surface area (Å²) in [5.41, 5.74) is 0. The predicted molar refractivity (Wildman–Crippen MR) is 60.9 cm³/mol. The number of rotatable bonds is 5. The van der Waals surface area contributed by atoms with Gasteiger partial charge in [-0.2, -0.15) is 0 Å². The van der Waals surface area contributed by atoms with Crippen LogP contribution in [0, 0.1) is 5.92 Å². The maximum atomic E-state index is 10.8. The van der Waals surface area contributed by atoms with Gasteiger partial charge in [-0.05, 0) is 39.5 Å². The Hall–Kier alpha value is -0.570. The van der Waals surface area contributed by atoms with E-state index in [9.17, 15) is 4.79 Å². The van der Waals surface area contributed by atoms with Crippen LogP contribution >= 0.6 is 0 Å². The molecule has 0 aromatic heterocycles. The number of hydrogen-bond donors (Lipinski definition) is 1. The summed E-state index contributed by atoms with van der Waals surface area (Å²) in [6.45, 7) is 6.51. The normalized spacial score (nSPS) is 20.1. The second-order valence-electron chi connectivity index (χ2n) is 4.94. The summed E-state index contributed by atoms with van der Waals surface area (Å²) >= 11 is 0. The van der Waals surface area contributed by atoms with Gasteiger partial charge in [0, 0.05) is 12.1 Å². The number of carboxylic acids is 1. The van der Waals surface area contributed by atoms with Crippen molar-refractivity contribution in [2.24, 2.45) is 5.92 Å². The first-order chi connectivity index (χ1) is 7.02. The van der Waals surface area contributed by atoms with E-state index in [1.54, 1.807) is 0 Å². The first kappa shape index (κ1) is 12.5. The lowest BCUT2D eigenvalue weighted by atomic mass is 9.97. The molecule has 1 fully saturated rings. The fourth-order valence-electron chi connectivity index (χ4n) is 2.66. The summed E-state index contributed by atoms with van der Waals surface area (Å²) in [6.07, 6.45) is 5.16. The average Bonchev–Trinajstić information content (AvgIpc) is 2.65. The largest absolute Gasteiger partial charge is 0.480 e. The smallest absolute Gasteiger partial charge is 0.317 e. The molecule has 1 saturated carbocycles. The van der Waals surface area contributed by atoms with Gasteiger partial charge in [0.2, 0.25) is 0 Å². The van der Waals surface area contributed by atoms with E-state index in [-0.39, 0.29) is 6.54 Å². The van der Waals surface area contributed by atoms with Gasteiger partial charge in [-0.15, -0.1) is 0 Å². The van der Waals surface area contributed by atoms with Gasteiger partial charge in [0.1, 0.15) is 0 Å². The van der Waals surface area contributed by atoms with Gasteiger partial charge in [0.05, 0.1) is 6.54 Å². The van der Waals surface area contributed by atoms with E-state index >= 15 is 0 Å². The van der Waals surface area contributed by atoms with Crippen molar-refractivity contribution in [2.45, 2.75) is 58.5 Å². The van der Waals surface area contributed by atoms with E-state index in [0.29, 0.717) is 18.0 Å². The van der Waals surface area contributed by atoms with Crippen molar-refractivity contribution in [1.29, 1.82) is 0 Å². The van der Waals surface area contributed by atoms with E-state index in [1.165, 1.54) is 25.7 Å². The molecule has 3 nitrogen and oxygen atoms in total. The van der Waals surface area contributed by atoms with Crippen LogP contribution in [0.3, 0.4) is 0 Å². The van der Waals surface area contributed by atoms with Crippen molar-refractivity contribution in [2.75, 3.05) is 6.54 Å². The van der Waals surface area contributed by atoms with Gasteiger partial charge in [0.25, 0.3) is 0 Å². The van der Waals surface area contributed by atoms with Crippen molar-refractivity contribution in [3.05, 3.63) is 0 Å². The molecule has 1 aliphatic carbocycles. The molecule has 88 valence electrons. The second-order valence-corrected chi connectivity index (χ2v) is 4.94. The molecule has 0 aliphatic heterocycles. The number of carbonyl (C=O) groups is 1. The summed E-state index contributed by atoms with van der Waals surface area (Å²) in [7, 11) is 0. The van der Waals surface area contributed by atoms with Crippen LogP contribution in [0.2, 0.25) is 0 Å². The highest BCUT2D eigenvalue weighted by Gasteiger charge is 2.28. The molecular weight excluding hydrogens is 190 g/mol. The zero-order valence-corrected chi connectivity index (χ0v) is 10.1. The van der Waals surface area contributed by atoms with Crippen LogP contribution in [-0.4, -0.2) is 34.6 Å². The third kappa shape index (κ3) is 3.49. The molecule has 0 spiro atoms. The Morgan fingerprint density at radius 3 is 2.27 bits per heavy atom. The van der Waals surface area contributed by atoms with Gasteiger partial charge in [-0.1, -0.05) is 12.8 Å². The lowest BCUT2D eigenvalue weighted by Gasteiger charge is -2.34. The lowest BCUT2D eigenvalue weighted by Crippen LogP contribution is -2.45. The van der Waals surface area contributed by atoms with Crippen molar-refractivity contribution in [1.82, 2.24) is 4.90 Å². The molecule has 3 heteroatoms. The minimum atomic E-state index is -0.714. The fraction of sp³-hybridized carbons (Fsp3) is 0.917. The SMILES string of the molecule is CC(C)N(CC(=O)O)C(C)C1CCCC1. The molecule has 0 heterocycles. The van der Waals surface area contributed by atoms with Crippen LogP contribution in [0.15, 0.2) is 0 Å². The Balaban J connectivity index is 2.57. The van der Waals surface area contributed by atoms with Crippen LogP contribution in [0.4, 0.5) is 0 Å². The minimum Gasteiger partial charge on any atom is -0.480 e. The minimum absolute atomic E-state index is 0.176. The molecule has 0 aromatic rings. The number of hydrogen-bond acceptors (Lipinski definition) is 2. The van der Waals surface area contributed by atoms with E-state index in [4.69, 9.17) is 5.11 Å². The number of carboxylic acid groups (broad SMARTS) is 1. The van der Waals surface area contributed by atoms with Gasteiger partial charge in [-0.25, -0.2) is 0 Å². The van der Waals surface area contributed by atoms with Crippen LogP contribution in [-0.2, 0) is 4.79 Å². The van der Waals surface area contributed by atoms with Crippen molar-refractivity contribution in [3.8, 4) is 0 Å². The van der Waals surface area contributed by atoms with E-state index in [0.717, 1.165) is 0 Å².